The van der Waals surface area contributed by atoms with Gasteiger partial charge in [-0.3, -0.25) is 9.36 Å². The van der Waals surface area contributed by atoms with Gasteiger partial charge in [-0.05, 0) is 50.7 Å². The molecule has 204 valence electrons. The van der Waals surface area contributed by atoms with E-state index in [0.717, 1.165) is 18.6 Å². The van der Waals surface area contributed by atoms with E-state index >= 15 is 0 Å². The number of benzene rings is 1. The maximum atomic E-state index is 14.7. The number of nitrogens with one attached hydrogen (secondary N) is 2. The number of primary amides is 1. The normalized spacial score (nSPS) is 21.4. The minimum Gasteiger partial charge on any atom is -0.465 e. The number of piperidine rings is 1. The number of carbonyl (C=O) groups is 2. The second-order valence-electron chi connectivity index (χ2n) is 9.88. The summed E-state index contributed by atoms with van der Waals surface area (Å²) >= 11 is 0. The van der Waals surface area contributed by atoms with Crippen molar-refractivity contribution in [2.45, 2.75) is 50.6 Å². The third kappa shape index (κ3) is 5.38. The Bertz CT molecular complexity index is 1440. The SMILES string of the molecule is N#Cc1cc(F)c(Nc2nc3cnc(NC4CCCN(C(=O)O)C4)nc3n2[C@H]2CC[C@H](C(N)=O)CC2)c(F)c1. The van der Waals surface area contributed by atoms with Crippen LogP contribution in [0.1, 0.15) is 50.1 Å². The fourth-order valence-corrected chi connectivity index (χ4v) is 5.33. The zero-order valence-electron chi connectivity index (χ0n) is 20.9. The first-order valence-corrected chi connectivity index (χ1v) is 12.7. The number of rotatable bonds is 6. The van der Waals surface area contributed by atoms with E-state index in [-0.39, 0.29) is 47.9 Å². The lowest BCUT2D eigenvalue weighted by Gasteiger charge is -2.31. The van der Waals surface area contributed by atoms with Crippen molar-refractivity contribution >= 4 is 40.7 Å². The molecule has 5 rings (SSSR count). The fourth-order valence-electron chi connectivity index (χ4n) is 5.33. The van der Waals surface area contributed by atoms with Crippen LogP contribution in [0.15, 0.2) is 18.3 Å². The van der Waals surface area contributed by atoms with Crippen LogP contribution in [0.3, 0.4) is 0 Å². The van der Waals surface area contributed by atoms with Gasteiger partial charge in [-0.2, -0.15) is 10.2 Å². The number of nitrogens with zero attached hydrogens (tertiary/aromatic N) is 6. The Hall–Kier alpha value is -4.54. The first kappa shape index (κ1) is 26.1. The molecule has 0 bridgehead atoms. The summed E-state index contributed by atoms with van der Waals surface area (Å²) in [5, 5.41) is 24.3. The first-order valence-electron chi connectivity index (χ1n) is 12.7. The highest BCUT2D eigenvalue weighted by molar-refractivity contribution is 5.78. The van der Waals surface area contributed by atoms with Gasteiger partial charge in [-0.1, -0.05) is 0 Å². The molecule has 3 aromatic rings. The Kier molecular flexibility index (Phi) is 7.14. The average Bonchev–Trinajstić information content (AvgIpc) is 3.28. The van der Waals surface area contributed by atoms with E-state index in [4.69, 9.17) is 11.0 Å². The maximum absolute atomic E-state index is 14.7. The molecule has 1 unspecified atom stereocenters. The average molecular weight is 540 g/mol. The molecule has 0 spiro atoms. The zero-order chi connectivity index (χ0) is 27.7. The second-order valence-corrected chi connectivity index (χ2v) is 9.88. The van der Waals surface area contributed by atoms with Crippen LogP contribution in [0.5, 0.6) is 0 Å². The van der Waals surface area contributed by atoms with Crippen molar-refractivity contribution in [3.05, 3.63) is 35.5 Å². The van der Waals surface area contributed by atoms with Crippen LogP contribution >= 0.6 is 0 Å². The van der Waals surface area contributed by atoms with E-state index in [1.54, 1.807) is 10.6 Å². The number of nitriles is 1. The van der Waals surface area contributed by atoms with Crippen molar-refractivity contribution in [2.75, 3.05) is 23.7 Å². The van der Waals surface area contributed by atoms with Crippen LogP contribution in [0.25, 0.3) is 11.2 Å². The van der Waals surface area contributed by atoms with E-state index in [0.29, 0.717) is 49.8 Å². The number of nitrogens with two attached hydrogens (primary N) is 1. The molecular weight excluding hydrogens is 512 g/mol. The lowest BCUT2D eigenvalue weighted by atomic mass is 9.85. The van der Waals surface area contributed by atoms with Crippen LogP contribution in [0.4, 0.5) is 31.2 Å². The Balaban J connectivity index is 1.50. The lowest BCUT2D eigenvalue weighted by molar-refractivity contribution is -0.122. The van der Waals surface area contributed by atoms with Crippen LogP contribution in [-0.2, 0) is 4.79 Å². The zero-order valence-corrected chi connectivity index (χ0v) is 20.9. The van der Waals surface area contributed by atoms with Gasteiger partial charge in [-0.15, -0.1) is 0 Å². The molecule has 0 radical (unpaired) electrons. The number of hydrogen-bond acceptors (Lipinski definition) is 8. The molecule has 12 nitrogen and oxygen atoms in total. The summed E-state index contributed by atoms with van der Waals surface area (Å²) in [6.45, 7) is 0.753. The van der Waals surface area contributed by atoms with E-state index in [1.807, 2.05) is 0 Å². The summed E-state index contributed by atoms with van der Waals surface area (Å²) in [6.07, 6.45) is 4.16. The van der Waals surface area contributed by atoms with Gasteiger partial charge in [0.2, 0.25) is 17.8 Å². The smallest absolute Gasteiger partial charge is 0.407 e. The summed E-state index contributed by atoms with van der Waals surface area (Å²) in [6, 6.07) is 3.20. The Morgan fingerprint density at radius 3 is 2.49 bits per heavy atom. The molecule has 2 fully saturated rings. The quantitative estimate of drug-likeness (QED) is 0.365. The molecule has 5 N–H and O–H groups in total. The fraction of sp³-hybridized carbons (Fsp3) is 0.440. The molecule has 14 heteroatoms. The number of likely N-dealkylation sites (tertiary alicyclic amines) is 1. The number of imidazole rings is 1. The van der Waals surface area contributed by atoms with Crippen LogP contribution in [0, 0.1) is 28.9 Å². The molecular formula is C25H27F2N9O3. The summed E-state index contributed by atoms with van der Waals surface area (Å²) in [4.78, 5) is 37.9. The molecule has 1 aromatic carbocycles. The minimum absolute atomic E-state index is 0.135. The molecule has 1 saturated carbocycles. The van der Waals surface area contributed by atoms with E-state index in [1.165, 1.54) is 11.1 Å². The summed E-state index contributed by atoms with van der Waals surface area (Å²) in [5.74, 6) is -2.10. The van der Waals surface area contributed by atoms with Gasteiger partial charge in [0, 0.05) is 31.1 Å². The summed E-state index contributed by atoms with van der Waals surface area (Å²) in [7, 11) is 0. The standard InChI is InChI=1S/C25H27F2N9O3/c26-17-8-13(10-28)9-18(27)20(17)33-24-32-19-11-30-23(31-15-2-1-7-35(12-15)25(38)39)34-22(19)36(24)16-5-3-14(4-6-16)21(29)37/h8-9,11,14-16H,1-7,12H2,(H2,29,37)(H,32,33)(H,38,39)(H,30,31,34)/t14-,15?,16-. The number of halogens is 2. The van der Waals surface area contributed by atoms with Crippen LogP contribution < -0.4 is 16.4 Å². The highest BCUT2D eigenvalue weighted by Crippen LogP contribution is 2.37. The number of amides is 2. The largest absolute Gasteiger partial charge is 0.465 e. The molecule has 2 amide bonds. The lowest BCUT2D eigenvalue weighted by Crippen LogP contribution is -2.44. The monoisotopic (exact) mass is 539 g/mol. The number of anilines is 3. The second kappa shape index (κ2) is 10.7. The molecule has 1 saturated heterocycles. The molecule has 2 aromatic heterocycles. The van der Waals surface area contributed by atoms with Gasteiger partial charge in [-0.25, -0.2) is 23.5 Å². The number of carbonyl (C=O) groups excluding carboxylic acids is 1. The van der Waals surface area contributed by atoms with Crippen molar-refractivity contribution in [1.29, 1.82) is 5.26 Å². The molecule has 1 aliphatic carbocycles. The number of fused-ring (bicyclic) bond motifs is 1. The van der Waals surface area contributed by atoms with Gasteiger partial charge in [0.25, 0.3) is 0 Å². The molecule has 1 atom stereocenters. The summed E-state index contributed by atoms with van der Waals surface area (Å²) < 4.78 is 31.2. The number of carboxylic acid groups (broad SMARTS) is 1. The van der Waals surface area contributed by atoms with E-state index < -0.39 is 23.4 Å². The highest BCUT2D eigenvalue weighted by Gasteiger charge is 2.30. The molecule has 1 aliphatic heterocycles. The third-order valence-electron chi connectivity index (χ3n) is 7.33. The number of hydrogen-bond donors (Lipinski definition) is 4. The topological polar surface area (TPSA) is 175 Å². The molecule has 3 heterocycles. The van der Waals surface area contributed by atoms with E-state index in [2.05, 4.69) is 25.6 Å². The predicted molar refractivity (Wildman–Crippen MR) is 136 cm³/mol. The third-order valence-corrected chi connectivity index (χ3v) is 7.33. The van der Waals surface area contributed by atoms with Crippen LogP contribution in [-0.4, -0.2) is 60.7 Å². The molecule has 2 aliphatic rings. The first-order chi connectivity index (χ1) is 18.7. The Morgan fingerprint density at radius 2 is 1.85 bits per heavy atom. The maximum Gasteiger partial charge on any atom is 0.407 e. The van der Waals surface area contributed by atoms with Crippen molar-refractivity contribution in [2.24, 2.45) is 11.7 Å². The Labute approximate surface area is 221 Å². The number of aromatic nitrogens is 4. The summed E-state index contributed by atoms with van der Waals surface area (Å²) in [5.41, 5.74) is 5.68. The van der Waals surface area contributed by atoms with Crippen molar-refractivity contribution < 1.29 is 23.5 Å². The van der Waals surface area contributed by atoms with Gasteiger partial charge in [0.05, 0.1) is 17.8 Å². The van der Waals surface area contributed by atoms with Crippen molar-refractivity contribution in [3.8, 4) is 6.07 Å². The van der Waals surface area contributed by atoms with Crippen molar-refractivity contribution in [1.82, 2.24) is 24.4 Å². The van der Waals surface area contributed by atoms with Crippen molar-refractivity contribution in [3.63, 3.8) is 0 Å². The van der Waals surface area contributed by atoms with Gasteiger partial charge in [0.15, 0.2) is 17.3 Å². The van der Waals surface area contributed by atoms with Gasteiger partial charge >= 0.3 is 6.09 Å². The highest BCUT2D eigenvalue weighted by atomic mass is 19.1. The van der Waals surface area contributed by atoms with E-state index in [9.17, 15) is 23.5 Å². The predicted octanol–water partition coefficient (Wildman–Crippen LogP) is 3.49. The van der Waals surface area contributed by atoms with Gasteiger partial charge in [0.1, 0.15) is 11.2 Å². The minimum atomic E-state index is -0.986. The van der Waals surface area contributed by atoms with Crippen LogP contribution in [0.2, 0.25) is 0 Å². The molecule has 39 heavy (non-hydrogen) atoms. The Morgan fingerprint density at radius 1 is 1.13 bits per heavy atom. The van der Waals surface area contributed by atoms with Gasteiger partial charge < -0.3 is 26.4 Å².